The number of sulfonamides is 1. The van der Waals surface area contributed by atoms with Crippen LogP contribution in [0.1, 0.15) is 16.7 Å². The van der Waals surface area contributed by atoms with Crippen molar-refractivity contribution in [1.82, 2.24) is 14.5 Å². The molecule has 0 aliphatic carbocycles. The van der Waals surface area contributed by atoms with E-state index in [0.717, 1.165) is 16.7 Å². The summed E-state index contributed by atoms with van der Waals surface area (Å²) in [5.74, 6) is -0.0780. The molecule has 0 aromatic heterocycles. The fourth-order valence-electron chi connectivity index (χ4n) is 3.31. The Morgan fingerprint density at radius 3 is 2.34 bits per heavy atom. The van der Waals surface area contributed by atoms with Crippen molar-refractivity contribution in [1.29, 1.82) is 0 Å². The number of halogens is 1. The van der Waals surface area contributed by atoms with Crippen LogP contribution < -0.4 is 5.32 Å². The first kappa shape index (κ1) is 21.8. The lowest BCUT2D eigenvalue weighted by atomic mass is 10.2. The van der Waals surface area contributed by atoms with Crippen LogP contribution in [0.3, 0.4) is 0 Å². The molecule has 8 heteroatoms. The lowest BCUT2D eigenvalue weighted by Gasteiger charge is -2.33. The molecule has 0 bridgehead atoms. The molecule has 0 atom stereocenters. The average molecular weight is 436 g/mol. The van der Waals surface area contributed by atoms with Crippen LogP contribution in [0.15, 0.2) is 47.4 Å². The van der Waals surface area contributed by atoms with E-state index in [-0.39, 0.29) is 12.5 Å². The molecule has 2 aromatic carbocycles. The van der Waals surface area contributed by atoms with E-state index < -0.39 is 10.0 Å². The van der Waals surface area contributed by atoms with Crippen LogP contribution >= 0.6 is 11.6 Å². The van der Waals surface area contributed by atoms with Crippen LogP contribution in [0, 0.1) is 13.8 Å². The molecule has 1 aliphatic heterocycles. The van der Waals surface area contributed by atoms with Crippen LogP contribution in [0.5, 0.6) is 0 Å². The summed E-state index contributed by atoms with van der Waals surface area (Å²) in [4.78, 5) is 14.6. The molecule has 1 aliphatic rings. The number of rotatable bonds is 6. The maximum atomic E-state index is 13.0. The van der Waals surface area contributed by atoms with E-state index in [0.29, 0.717) is 42.6 Å². The highest BCUT2D eigenvalue weighted by atomic mass is 35.5. The normalized spacial score (nSPS) is 16.0. The number of aryl methyl sites for hydroxylation is 2. The van der Waals surface area contributed by atoms with E-state index in [4.69, 9.17) is 11.6 Å². The molecule has 1 saturated heterocycles. The van der Waals surface area contributed by atoms with Crippen LogP contribution in [0.2, 0.25) is 5.02 Å². The Morgan fingerprint density at radius 2 is 1.69 bits per heavy atom. The third kappa shape index (κ3) is 5.57. The standard InChI is InChI=1S/C21H26ClN3O3S/c1-16-3-4-17(2)20(13-16)29(27,28)25-11-9-24(10-12-25)15-21(26)23-14-18-5-7-19(22)8-6-18/h3-8,13H,9-12,14-15H2,1-2H3,(H,23,26). The molecule has 1 amide bonds. The van der Waals surface area contributed by atoms with Crippen molar-refractivity contribution in [3.05, 3.63) is 64.2 Å². The summed E-state index contributed by atoms with van der Waals surface area (Å²) in [6, 6.07) is 12.8. The highest BCUT2D eigenvalue weighted by Crippen LogP contribution is 2.22. The number of hydrogen-bond acceptors (Lipinski definition) is 4. The van der Waals surface area contributed by atoms with Crippen molar-refractivity contribution >= 4 is 27.5 Å². The zero-order chi connectivity index (χ0) is 21.0. The van der Waals surface area contributed by atoms with Gasteiger partial charge in [0, 0.05) is 37.7 Å². The van der Waals surface area contributed by atoms with E-state index in [1.54, 1.807) is 18.2 Å². The van der Waals surface area contributed by atoms with Gasteiger partial charge in [0.1, 0.15) is 0 Å². The number of benzene rings is 2. The van der Waals surface area contributed by atoms with Gasteiger partial charge in [-0.25, -0.2) is 8.42 Å². The van der Waals surface area contributed by atoms with Gasteiger partial charge in [0.25, 0.3) is 0 Å². The van der Waals surface area contributed by atoms with Crippen molar-refractivity contribution in [3.63, 3.8) is 0 Å². The Bertz CT molecular complexity index is 969. The Morgan fingerprint density at radius 1 is 1.03 bits per heavy atom. The summed E-state index contributed by atoms with van der Waals surface area (Å²) in [7, 11) is -3.52. The number of nitrogens with one attached hydrogen (secondary N) is 1. The molecule has 0 radical (unpaired) electrons. The predicted octanol–water partition coefficient (Wildman–Crippen LogP) is 2.58. The first-order valence-corrected chi connectivity index (χ1v) is 11.4. The summed E-state index contributed by atoms with van der Waals surface area (Å²) in [6.45, 7) is 6.20. The van der Waals surface area contributed by atoms with Gasteiger partial charge in [0.05, 0.1) is 11.4 Å². The lowest BCUT2D eigenvalue weighted by molar-refractivity contribution is -0.122. The lowest BCUT2D eigenvalue weighted by Crippen LogP contribution is -2.51. The molecule has 156 valence electrons. The molecule has 6 nitrogen and oxygen atoms in total. The summed E-state index contributed by atoms with van der Waals surface area (Å²) in [5, 5.41) is 3.55. The fraction of sp³-hybridized carbons (Fsp3) is 0.381. The second-order valence-electron chi connectivity index (χ2n) is 7.35. The van der Waals surface area contributed by atoms with Crippen molar-refractivity contribution in [2.45, 2.75) is 25.3 Å². The third-order valence-corrected chi connectivity index (χ3v) is 7.36. The first-order valence-electron chi connectivity index (χ1n) is 9.56. The number of carbonyl (C=O) groups is 1. The van der Waals surface area contributed by atoms with Crippen molar-refractivity contribution in [3.8, 4) is 0 Å². The van der Waals surface area contributed by atoms with Gasteiger partial charge in [-0.2, -0.15) is 4.31 Å². The number of piperazine rings is 1. The summed E-state index contributed by atoms with van der Waals surface area (Å²) in [5.41, 5.74) is 2.65. The minimum Gasteiger partial charge on any atom is -0.351 e. The van der Waals surface area contributed by atoms with E-state index in [1.807, 2.05) is 43.0 Å². The smallest absolute Gasteiger partial charge is 0.243 e. The van der Waals surface area contributed by atoms with Gasteiger partial charge < -0.3 is 5.32 Å². The minimum atomic E-state index is -3.52. The SMILES string of the molecule is Cc1ccc(C)c(S(=O)(=O)N2CCN(CC(=O)NCc3ccc(Cl)cc3)CC2)c1. The monoisotopic (exact) mass is 435 g/mol. The van der Waals surface area contributed by atoms with Gasteiger partial charge in [-0.15, -0.1) is 0 Å². The van der Waals surface area contributed by atoms with Gasteiger partial charge in [-0.05, 0) is 48.7 Å². The zero-order valence-electron chi connectivity index (χ0n) is 16.7. The van der Waals surface area contributed by atoms with Crippen LogP contribution in [-0.4, -0.2) is 56.3 Å². The Hall–Kier alpha value is -1.93. The van der Waals surface area contributed by atoms with Gasteiger partial charge >= 0.3 is 0 Å². The molecule has 1 N–H and O–H groups in total. The molecule has 1 heterocycles. The number of amides is 1. The van der Waals surface area contributed by atoms with E-state index in [9.17, 15) is 13.2 Å². The number of carbonyl (C=O) groups excluding carboxylic acids is 1. The molecule has 0 unspecified atom stereocenters. The highest BCUT2D eigenvalue weighted by molar-refractivity contribution is 7.89. The van der Waals surface area contributed by atoms with Crippen LogP contribution in [0.4, 0.5) is 0 Å². The van der Waals surface area contributed by atoms with Gasteiger partial charge in [-0.3, -0.25) is 9.69 Å². The minimum absolute atomic E-state index is 0.0780. The Kier molecular flexibility index (Phi) is 6.95. The van der Waals surface area contributed by atoms with Crippen LogP contribution in [0.25, 0.3) is 0 Å². The molecule has 1 fully saturated rings. The third-order valence-electron chi connectivity index (χ3n) is 5.06. The number of hydrogen-bond donors (Lipinski definition) is 1. The predicted molar refractivity (Wildman–Crippen MR) is 114 cm³/mol. The average Bonchev–Trinajstić information content (AvgIpc) is 2.70. The fourth-order valence-corrected chi connectivity index (χ4v) is 5.17. The molecule has 2 aromatic rings. The summed E-state index contributed by atoms with van der Waals surface area (Å²) >= 11 is 5.86. The quantitative estimate of drug-likeness (QED) is 0.757. The maximum Gasteiger partial charge on any atom is 0.243 e. The van der Waals surface area contributed by atoms with E-state index >= 15 is 0 Å². The van der Waals surface area contributed by atoms with Gasteiger partial charge in [0.2, 0.25) is 15.9 Å². The van der Waals surface area contributed by atoms with E-state index in [1.165, 1.54) is 4.31 Å². The van der Waals surface area contributed by atoms with E-state index in [2.05, 4.69) is 5.32 Å². The van der Waals surface area contributed by atoms with Crippen LogP contribution in [-0.2, 0) is 21.4 Å². The molecule has 0 saturated carbocycles. The van der Waals surface area contributed by atoms with Crippen molar-refractivity contribution < 1.29 is 13.2 Å². The zero-order valence-corrected chi connectivity index (χ0v) is 18.3. The molecular formula is C21H26ClN3O3S. The molecule has 0 spiro atoms. The molecular weight excluding hydrogens is 410 g/mol. The second kappa shape index (κ2) is 9.26. The number of nitrogens with zero attached hydrogens (tertiary/aromatic N) is 2. The van der Waals surface area contributed by atoms with Gasteiger partial charge in [0.15, 0.2) is 0 Å². The topological polar surface area (TPSA) is 69.7 Å². The molecule has 29 heavy (non-hydrogen) atoms. The summed E-state index contributed by atoms with van der Waals surface area (Å²) < 4.78 is 27.5. The first-order chi connectivity index (χ1) is 13.8. The second-order valence-corrected chi connectivity index (χ2v) is 9.70. The Balaban J connectivity index is 1.51. The summed E-state index contributed by atoms with van der Waals surface area (Å²) in [6.07, 6.45) is 0. The maximum absolute atomic E-state index is 13.0. The van der Waals surface area contributed by atoms with Crippen molar-refractivity contribution in [2.75, 3.05) is 32.7 Å². The highest BCUT2D eigenvalue weighted by Gasteiger charge is 2.30. The Labute approximate surface area is 177 Å². The largest absolute Gasteiger partial charge is 0.351 e. The van der Waals surface area contributed by atoms with Crippen molar-refractivity contribution in [2.24, 2.45) is 0 Å². The molecule has 3 rings (SSSR count). The van der Waals surface area contributed by atoms with Gasteiger partial charge in [-0.1, -0.05) is 35.9 Å².